The lowest BCUT2D eigenvalue weighted by Crippen LogP contribution is -2.26. The standard InChI is InChI=1S/C19H19NO3/c1-14-13-18(23-2)10-9-16(14)6-3-15-4-7-17(8-5-15)19(22)20-11-12-21/h4-5,7-10,13,21H,11-12H2,1-2H3,(H,20,22). The summed E-state index contributed by atoms with van der Waals surface area (Å²) in [5.41, 5.74) is 3.37. The topological polar surface area (TPSA) is 58.6 Å². The third kappa shape index (κ3) is 4.60. The molecule has 2 aromatic carbocycles. The maximum atomic E-state index is 11.7. The summed E-state index contributed by atoms with van der Waals surface area (Å²) in [7, 11) is 1.64. The quantitative estimate of drug-likeness (QED) is 0.851. The Labute approximate surface area is 136 Å². The lowest BCUT2D eigenvalue weighted by atomic mass is 10.1. The minimum atomic E-state index is -0.204. The van der Waals surface area contributed by atoms with Crippen LogP contribution in [0.2, 0.25) is 0 Å². The molecule has 0 aliphatic rings. The summed E-state index contributed by atoms with van der Waals surface area (Å²) in [6.07, 6.45) is 0. The van der Waals surface area contributed by atoms with Gasteiger partial charge in [0.15, 0.2) is 0 Å². The first kappa shape index (κ1) is 16.6. The second-order valence-corrected chi connectivity index (χ2v) is 4.99. The number of nitrogens with one attached hydrogen (secondary N) is 1. The van der Waals surface area contributed by atoms with Gasteiger partial charge < -0.3 is 15.2 Å². The monoisotopic (exact) mass is 309 g/mol. The fraction of sp³-hybridized carbons (Fsp3) is 0.211. The molecule has 4 nitrogen and oxygen atoms in total. The Hall–Kier alpha value is -2.77. The summed E-state index contributed by atoms with van der Waals surface area (Å²) in [5, 5.41) is 11.3. The van der Waals surface area contributed by atoms with Crippen LogP contribution in [0.3, 0.4) is 0 Å². The van der Waals surface area contributed by atoms with Crippen LogP contribution in [0.15, 0.2) is 42.5 Å². The molecule has 1 amide bonds. The molecule has 0 aliphatic heterocycles. The predicted molar refractivity (Wildman–Crippen MR) is 89.6 cm³/mol. The molecule has 0 atom stereocenters. The third-order valence-electron chi connectivity index (χ3n) is 3.32. The second-order valence-electron chi connectivity index (χ2n) is 4.99. The van der Waals surface area contributed by atoms with Crippen LogP contribution in [0.1, 0.15) is 27.0 Å². The Bertz CT molecular complexity index is 739. The molecular formula is C19H19NO3. The van der Waals surface area contributed by atoms with Crippen molar-refractivity contribution in [2.24, 2.45) is 0 Å². The van der Waals surface area contributed by atoms with Crippen molar-refractivity contribution < 1.29 is 14.6 Å². The first-order valence-electron chi connectivity index (χ1n) is 7.30. The highest BCUT2D eigenvalue weighted by Gasteiger charge is 2.03. The Morgan fingerprint density at radius 1 is 1.17 bits per heavy atom. The number of rotatable bonds is 4. The maximum absolute atomic E-state index is 11.7. The predicted octanol–water partition coefficient (Wildman–Crippen LogP) is 2.13. The average molecular weight is 309 g/mol. The Kier molecular flexibility index (Phi) is 5.79. The normalized spacial score (nSPS) is 9.70. The number of aliphatic hydroxyl groups excluding tert-OH is 1. The molecular weight excluding hydrogens is 290 g/mol. The number of ether oxygens (including phenoxy) is 1. The van der Waals surface area contributed by atoms with Crippen LogP contribution < -0.4 is 10.1 Å². The molecule has 2 aromatic rings. The number of carbonyl (C=O) groups is 1. The van der Waals surface area contributed by atoms with E-state index in [0.717, 1.165) is 22.4 Å². The van der Waals surface area contributed by atoms with E-state index in [4.69, 9.17) is 9.84 Å². The number of methoxy groups -OCH3 is 1. The summed E-state index contributed by atoms with van der Waals surface area (Å²) >= 11 is 0. The van der Waals surface area contributed by atoms with Crippen molar-refractivity contribution in [2.75, 3.05) is 20.3 Å². The van der Waals surface area contributed by atoms with E-state index in [2.05, 4.69) is 17.2 Å². The Balaban J connectivity index is 2.11. The molecule has 2 rings (SSSR count). The molecule has 0 fully saturated rings. The number of aryl methyl sites for hydroxylation is 1. The maximum Gasteiger partial charge on any atom is 0.251 e. The van der Waals surface area contributed by atoms with Crippen molar-refractivity contribution in [2.45, 2.75) is 6.92 Å². The number of aliphatic hydroxyl groups is 1. The van der Waals surface area contributed by atoms with E-state index in [1.807, 2.05) is 25.1 Å². The molecule has 0 spiro atoms. The van der Waals surface area contributed by atoms with Crippen molar-refractivity contribution in [3.8, 4) is 17.6 Å². The average Bonchev–Trinajstić information content (AvgIpc) is 2.59. The van der Waals surface area contributed by atoms with E-state index >= 15 is 0 Å². The highest BCUT2D eigenvalue weighted by Crippen LogP contribution is 2.16. The summed E-state index contributed by atoms with van der Waals surface area (Å²) < 4.78 is 5.17. The smallest absolute Gasteiger partial charge is 0.251 e. The summed E-state index contributed by atoms with van der Waals surface area (Å²) in [5.74, 6) is 6.82. The molecule has 0 bridgehead atoms. The molecule has 23 heavy (non-hydrogen) atoms. The number of carbonyl (C=O) groups excluding carboxylic acids is 1. The molecule has 118 valence electrons. The molecule has 0 aromatic heterocycles. The first-order valence-corrected chi connectivity index (χ1v) is 7.30. The van der Waals surface area contributed by atoms with Crippen LogP contribution in [0.5, 0.6) is 5.75 Å². The highest BCUT2D eigenvalue weighted by molar-refractivity contribution is 5.94. The van der Waals surface area contributed by atoms with Gasteiger partial charge in [-0.1, -0.05) is 11.8 Å². The largest absolute Gasteiger partial charge is 0.497 e. The lowest BCUT2D eigenvalue weighted by Gasteiger charge is -2.03. The molecule has 0 radical (unpaired) electrons. The van der Waals surface area contributed by atoms with Gasteiger partial charge in [0.05, 0.1) is 13.7 Å². The van der Waals surface area contributed by atoms with Crippen LogP contribution in [-0.4, -0.2) is 31.3 Å². The fourth-order valence-corrected chi connectivity index (χ4v) is 2.02. The van der Waals surface area contributed by atoms with Gasteiger partial charge in [0.1, 0.15) is 5.75 Å². The van der Waals surface area contributed by atoms with Gasteiger partial charge in [-0.25, -0.2) is 0 Å². The van der Waals surface area contributed by atoms with Gasteiger partial charge in [-0.2, -0.15) is 0 Å². The molecule has 2 N–H and O–H groups in total. The molecule has 0 saturated carbocycles. The van der Waals surface area contributed by atoms with Gasteiger partial charge in [0.2, 0.25) is 0 Å². The van der Waals surface area contributed by atoms with Crippen molar-refractivity contribution in [3.63, 3.8) is 0 Å². The van der Waals surface area contributed by atoms with Gasteiger partial charge in [-0.3, -0.25) is 4.79 Å². The minimum absolute atomic E-state index is 0.0729. The van der Waals surface area contributed by atoms with Gasteiger partial charge in [-0.05, 0) is 55.0 Å². The molecule has 4 heteroatoms. The van der Waals surface area contributed by atoms with Crippen molar-refractivity contribution >= 4 is 5.91 Å². The van der Waals surface area contributed by atoms with Crippen molar-refractivity contribution in [1.29, 1.82) is 0 Å². The molecule has 0 unspecified atom stereocenters. The van der Waals surface area contributed by atoms with Crippen LogP contribution in [0, 0.1) is 18.8 Å². The van der Waals surface area contributed by atoms with E-state index in [1.54, 1.807) is 31.4 Å². The van der Waals surface area contributed by atoms with Crippen molar-refractivity contribution in [3.05, 3.63) is 64.7 Å². The number of hydrogen-bond donors (Lipinski definition) is 2. The summed E-state index contributed by atoms with van der Waals surface area (Å²) in [4.78, 5) is 11.7. The summed E-state index contributed by atoms with van der Waals surface area (Å²) in [6.45, 7) is 2.16. The number of benzene rings is 2. The highest BCUT2D eigenvalue weighted by atomic mass is 16.5. The lowest BCUT2D eigenvalue weighted by molar-refractivity contribution is 0.0945. The zero-order valence-electron chi connectivity index (χ0n) is 13.2. The number of hydrogen-bond acceptors (Lipinski definition) is 3. The van der Waals surface area contributed by atoms with E-state index in [-0.39, 0.29) is 19.1 Å². The summed E-state index contributed by atoms with van der Waals surface area (Å²) in [6, 6.07) is 12.8. The Morgan fingerprint density at radius 3 is 2.52 bits per heavy atom. The number of amides is 1. The third-order valence-corrected chi connectivity index (χ3v) is 3.32. The van der Waals surface area contributed by atoms with Crippen LogP contribution in [0.4, 0.5) is 0 Å². The second kappa shape index (κ2) is 8.02. The van der Waals surface area contributed by atoms with E-state index in [1.165, 1.54) is 0 Å². The van der Waals surface area contributed by atoms with Crippen LogP contribution in [-0.2, 0) is 0 Å². The molecule has 0 heterocycles. The van der Waals surface area contributed by atoms with E-state index in [0.29, 0.717) is 5.56 Å². The van der Waals surface area contributed by atoms with Crippen LogP contribution >= 0.6 is 0 Å². The van der Waals surface area contributed by atoms with Crippen molar-refractivity contribution in [1.82, 2.24) is 5.32 Å². The zero-order chi connectivity index (χ0) is 16.7. The Morgan fingerprint density at radius 2 is 1.91 bits per heavy atom. The molecule has 0 aliphatic carbocycles. The first-order chi connectivity index (χ1) is 11.1. The fourth-order valence-electron chi connectivity index (χ4n) is 2.02. The van der Waals surface area contributed by atoms with E-state index < -0.39 is 0 Å². The van der Waals surface area contributed by atoms with Gasteiger partial charge >= 0.3 is 0 Å². The van der Waals surface area contributed by atoms with Gasteiger partial charge in [0, 0.05) is 23.2 Å². The van der Waals surface area contributed by atoms with Gasteiger partial charge in [-0.15, -0.1) is 0 Å². The SMILES string of the molecule is COc1ccc(C#Cc2ccc(C(=O)NCCO)cc2)c(C)c1. The zero-order valence-corrected chi connectivity index (χ0v) is 13.2. The van der Waals surface area contributed by atoms with Crippen LogP contribution in [0.25, 0.3) is 0 Å². The van der Waals surface area contributed by atoms with E-state index in [9.17, 15) is 4.79 Å². The minimum Gasteiger partial charge on any atom is -0.497 e. The van der Waals surface area contributed by atoms with Gasteiger partial charge in [0.25, 0.3) is 5.91 Å². The molecule has 0 saturated heterocycles.